The molecule has 1 atom stereocenters. The predicted octanol–water partition coefficient (Wildman–Crippen LogP) is 4.74. The van der Waals surface area contributed by atoms with E-state index in [-0.39, 0.29) is 35.8 Å². The van der Waals surface area contributed by atoms with Gasteiger partial charge in [-0.25, -0.2) is 18.7 Å². The van der Waals surface area contributed by atoms with E-state index >= 15 is 0 Å². The van der Waals surface area contributed by atoms with Gasteiger partial charge in [0, 0.05) is 18.2 Å². The second-order valence-electron chi connectivity index (χ2n) is 10.3. The number of hydrogen-bond donors (Lipinski definition) is 1. The number of morpholine rings is 1. The van der Waals surface area contributed by atoms with Gasteiger partial charge in [0.2, 0.25) is 0 Å². The molecule has 2 aliphatic heterocycles. The number of aromatic nitrogens is 2. The highest BCUT2D eigenvalue weighted by atomic mass is 19.1. The number of rotatable bonds is 9. The quantitative estimate of drug-likeness (QED) is 0.272. The summed E-state index contributed by atoms with van der Waals surface area (Å²) in [6, 6.07) is 14.0. The molecule has 12 heteroatoms. The fraction of sp³-hybridized carbons (Fsp3) is 0.250. The zero-order chi connectivity index (χ0) is 30.8. The molecule has 0 saturated carbocycles. The van der Waals surface area contributed by atoms with Crippen molar-refractivity contribution in [3.8, 4) is 22.8 Å². The summed E-state index contributed by atoms with van der Waals surface area (Å²) in [6.07, 6.45) is 1.92. The van der Waals surface area contributed by atoms with Crippen LogP contribution in [0.3, 0.4) is 0 Å². The van der Waals surface area contributed by atoms with Gasteiger partial charge in [0.15, 0.2) is 6.29 Å². The number of amides is 1. The minimum atomic E-state index is -0.769. The molecule has 6 rings (SSSR count). The minimum Gasteiger partial charge on any atom is -0.497 e. The van der Waals surface area contributed by atoms with Gasteiger partial charge in [-0.15, -0.1) is 0 Å². The van der Waals surface area contributed by atoms with E-state index in [4.69, 9.17) is 14.2 Å². The lowest BCUT2D eigenvalue weighted by Gasteiger charge is -2.31. The molecule has 1 amide bonds. The van der Waals surface area contributed by atoms with Crippen molar-refractivity contribution >= 4 is 29.4 Å². The monoisotopic (exact) mass is 601 g/mol. The minimum absolute atomic E-state index is 0.0448. The van der Waals surface area contributed by atoms with Crippen molar-refractivity contribution in [2.45, 2.75) is 19.2 Å². The second kappa shape index (κ2) is 12.3. The average Bonchev–Trinajstić information content (AvgIpc) is 3.36. The molecule has 2 aromatic heterocycles. The predicted molar refractivity (Wildman–Crippen MR) is 158 cm³/mol. The fourth-order valence-electron chi connectivity index (χ4n) is 5.42. The van der Waals surface area contributed by atoms with Crippen LogP contribution in [-0.4, -0.2) is 67.1 Å². The lowest BCUT2D eigenvalue weighted by Crippen LogP contribution is -2.43. The number of carbonyl (C=O) groups is 2. The molecule has 0 bridgehead atoms. The van der Waals surface area contributed by atoms with Crippen molar-refractivity contribution in [3.63, 3.8) is 0 Å². The van der Waals surface area contributed by atoms with Gasteiger partial charge in [0.1, 0.15) is 35.1 Å². The van der Waals surface area contributed by atoms with E-state index in [0.29, 0.717) is 48.4 Å². The van der Waals surface area contributed by atoms with Crippen LogP contribution < -0.4 is 19.7 Å². The highest BCUT2D eigenvalue weighted by Crippen LogP contribution is 2.37. The second-order valence-corrected chi connectivity index (χ2v) is 10.3. The third-order valence-corrected chi connectivity index (χ3v) is 7.63. The Hall–Kier alpha value is -5.10. The van der Waals surface area contributed by atoms with Gasteiger partial charge in [0.25, 0.3) is 5.91 Å². The van der Waals surface area contributed by atoms with Crippen LogP contribution in [0.25, 0.3) is 11.3 Å². The van der Waals surface area contributed by atoms with Gasteiger partial charge < -0.3 is 34.1 Å². The Balaban J connectivity index is 1.34. The molecule has 2 aromatic carbocycles. The molecule has 1 fully saturated rings. The van der Waals surface area contributed by atoms with Crippen molar-refractivity contribution in [2.24, 2.45) is 0 Å². The van der Waals surface area contributed by atoms with Crippen LogP contribution in [0.2, 0.25) is 0 Å². The summed E-state index contributed by atoms with van der Waals surface area (Å²) < 4.78 is 45.9. The van der Waals surface area contributed by atoms with E-state index in [2.05, 4.69) is 15.3 Å². The number of nitrogens with one attached hydrogen (secondary N) is 1. The number of pyridine rings is 2. The van der Waals surface area contributed by atoms with Gasteiger partial charge >= 0.3 is 0 Å². The Morgan fingerprint density at radius 1 is 1.07 bits per heavy atom. The summed E-state index contributed by atoms with van der Waals surface area (Å²) >= 11 is 0. The Labute approximate surface area is 252 Å². The highest BCUT2D eigenvalue weighted by molar-refractivity contribution is 6.04. The molecular formula is C32H29F2N5O5. The Morgan fingerprint density at radius 3 is 2.59 bits per heavy atom. The number of hydrogen-bond acceptors (Lipinski definition) is 9. The van der Waals surface area contributed by atoms with Crippen LogP contribution in [0.5, 0.6) is 11.5 Å². The molecule has 10 nitrogen and oxygen atoms in total. The maximum atomic E-state index is 14.9. The van der Waals surface area contributed by atoms with Gasteiger partial charge in [-0.1, -0.05) is 6.07 Å². The largest absolute Gasteiger partial charge is 0.497 e. The van der Waals surface area contributed by atoms with E-state index in [0.717, 1.165) is 29.7 Å². The molecule has 2 aliphatic rings. The lowest BCUT2D eigenvalue weighted by molar-refractivity contribution is -0.118. The first-order chi connectivity index (χ1) is 21.4. The molecule has 1 N–H and O–H groups in total. The summed E-state index contributed by atoms with van der Waals surface area (Å²) in [4.78, 5) is 37.6. The fourth-order valence-corrected chi connectivity index (χ4v) is 5.42. The number of halogens is 2. The Kier molecular flexibility index (Phi) is 8.07. The molecule has 0 spiro atoms. The van der Waals surface area contributed by atoms with Gasteiger partial charge in [-0.05, 0) is 42.5 Å². The van der Waals surface area contributed by atoms with Crippen molar-refractivity contribution in [1.82, 2.24) is 14.9 Å². The van der Waals surface area contributed by atoms with Crippen LogP contribution in [0.1, 0.15) is 21.6 Å². The first kappa shape index (κ1) is 29.0. The maximum absolute atomic E-state index is 14.9. The number of anilines is 3. The zero-order valence-electron chi connectivity index (χ0n) is 24.0. The lowest BCUT2D eigenvalue weighted by atomic mass is 10.1. The highest BCUT2D eigenvalue weighted by Gasteiger charge is 2.34. The van der Waals surface area contributed by atoms with E-state index in [1.54, 1.807) is 36.4 Å². The van der Waals surface area contributed by atoms with E-state index in [1.807, 2.05) is 17.0 Å². The number of fused-ring (bicyclic) bond motifs is 1. The van der Waals surface area contributed by atoms with Gasteiger partial charge in [0.05, 0.1) is 80.5 Å². The first-order valence-corrected chi connectivity index (χ1v) is 13.9. The Morgan fingerprint density at radius 2 is 1.89 bits per heavy atom. The number of benzene rings is 2. The van der Waals surface area contributed by atoms with Crippen molar-refractivity contribution < 1.29 is 32.6 Å². The van der Waals surface area contributed by atoms with E-state index < -0.39 is 17.7 Å². The summed E-state index contributed by atoms with van der Waals surface area (Å²) in [5, 5.41) is 3.17. The number of aldehydes is 1. The van der Waals surface area contributed by atoms with Crippen LogP contribution in [0.4, 0.5) is 26.0 Å². The molecule has 44 heavy (non-hydrogen) atoms. The van der Waals surface area contributed by atoms with Crippen LogP contribution in [0, 0.1) is 11.6 Å². The molecule has 226 valence electrons. The smallest absolute Gasteiger partial charge is 0.258 e. The van der Waals surface area contributed by atoms with E-state index in [1.165, 1.54) is 19.2 Å². The first-order valence-electron chi connectivity index (χ1n) is 13.9. The standard InChI is InChI=1S/C32H29F2N5O5/c1-42-21-8-6-19(28(12-21)43-2)15-39-17-27-31(32(39)41)26(13-25(36-27)30-23(33)4-3-5-24(30)34)37-29-9-7-20(14-35-29)38-10-11-44-22(16-38)18-40/h3-9,12-14,18,22H,10-11,15-17H2,1-2H3,(H,35,36,37). The summed E-state index contributed by atoms with van der Waals surface area (Å²) in [5.74, 6) is -0.272. The molecule has 4 heterocycles. The van der Waals surface area contributed by atoms with Crippen molar-refractivity contribution in [1.29, 1.82) is 0 Å². The van der Waals surface area contributed by atoms with Gasteiger partial charge in [-0.2, -0.15) is 0 Å². The number of nitrogens with zero attached hydrogens (tertiary/aromatic N) is 4. The maximum Gasteiger partial charge on any atom is 0.258 e. The van der Waals surface area contributed by atoms with Crippen LogP contribution >= 0.6 is 0 Å². The third-order valence-electron chi connectivity index (χ3n) is 7.63. The Bertz CT molecular complexity index is 1700. The molecule has 1 saturated heterocycles. The van der Waals surface area contributed by atoms with Crippen molar-refractivity contribution in [2.75, 3.05) is 44.1 Å². The number of carbonyl (C=O) groups excluding carboxylic acids is 2. The molecule has 4 aromatic rings. The SMILES string of the molecule is COc1ccc(CN2Cc3nc(-c4c(F)cccc4F)cc(Nc4ccc(N5CCOC(C=O)C5)cn4)c3C2=O)c(OC)c1. The molecular weight excluding hydrogens is 572 g/mol. The van der Waals surface area contributed by atoms with Crippen molar-refractivity contribution in [3.05, 3.63) is 89.2 Å². The van der Waals surface area contributed by atoms with Crippen LogP contribution in [-0.2, 0) is 22.6 Å². The molecule has 1 unspecified atom stereocenters. The third kappa shape index (κ3) is 5.63. The molecule has 0 radical (unpaired) electrons. The summed E-state index contributed by atoms with van der Waals surface area (Å²) in [7, 11) is 3.09. The summed E-state index contributed by atoms with van der Waals surface area (Å²) in [5.41, 5.74) is 2.28. The average molecular weight is 602 g/mol. The number of methoxy groups -OCH3 is 2. The summed E-state index contributed by atoms with van der Waals surface area (Å²) in [6.45, 7) is 1.76. The van der Waals surface area contributed by atoms with Crippen LogP contribution in [0.15, 0.2) is 60.8 Å². The zero-order valence-corrected chi connectivity index (χ0v) is 24.0. The molecule has 0 aliphatic carbocycles. The topological polar surface area (TPSA) is 106 Å². The number of ether oxygens (including phenoxy) is 3. The van der Waals surface area contributed by atoms with E-state index in [9.17, 15) is 18.4 Å². The van der Waals surface area contributed by atoms with Gasteiger partial charge in [-0.3, -0.25) is 4.79 Å². The normalized spacial score (nSPS) is 16.1.